The Morgan fingerprint density at radius 3 is 2.72 bits per heavy atom. The minimum absolute atomic E-state index is 0.00443. The quantitative estimate of drug-likeness (QED) is 0.802. The number of piperazine rings is 1. The van der Waals surface area contributed by atoms with Crippen LogP contribution in [0, 0.1) is 0 Å². The number of nitrogens with zero attached hydrogens (tertiary/aromatic N) is 4. The van der Waals surface area contributed by atoms with E-state index in [0.29, 0.717) is 25.6 Å². The Kier molecular flexibility index (Phi) is 2.58. The highest BCUT2D eigenvalue weighted by Crippen LogP contribution is 2.34. The second kappa shape index (κ2) is 4.01. The first kappa shape index (κ1) is 11.6. The van der Waals surface area contributed by atoms with Crippen LogP contribution in [-0.2, 0) is 0 Å². The molecule has 2 aliphatic rings. The summed E-state index contributed by atoms with van der Waals surface area (Å²) in [4.78, 5) is 11.7. The van der Waals surface area contributed by atoms with Crippen LogP contribution in [-0.4, -0.2) is 58.1 Å². The number of hydrogen-bond acceptors (Lipinski definition) is 5. The van der Waals surface area contributed by atoms with Crippen LogP contribution < -0.4 is 4.90 Å². The molecule has 0 unspecified atom stereocenters. The van der Waals surface area contributed by atoms with Gasteiger partial charge in [-0.05, 0) is 0 Å². The highest BCUT2D eigenvalue weighted by Gasteiger charge is 2.47. The number of anilines is 1. The molecule has 0 amide bonds. The van der Waals surface area contributed by atoms with Crippen LogP contribution in [0.3, 0.4) is 0 Å². The van der Waals surface area contributed by atoms with Gasteiger partial charge in [0.1, 0.15) is 0 Å². The first-order chi connectivity index (χ1) is 8.53. The fraction of sp³-hybridized carbons (Fsp3) is 0.636. The van der Waals surface area contributed by atoms with Crippen molar-refractivity contribution in [2.75, 3.05) is 31.1 Å². The minimum atomic E-state index is -2.57. The third-order valence-electron chi connectivity index (χ3n) is 3.48. The standard InChI is InChI=1S/C11H14F2N4O/c12-11(13)3-8-6-16(1-2-17(8)7-11)10-14-4-9(18)5-15-10/h4-5,8,18H,1-3,6-7H2/t8-/m0/s1. The van der Waals surface area contributed by atoms with Gasteiger partial charge in [-0.1, -0.05) is 0 Å². The number of fused-ring (bicyclic) bond motifs is 1. The molecule has 3 rings (SSSR count). The summed E-state index contributed by atoms with van der Waals surface area (Å²) in [6.45, 7) is 1.62. The minimum Gasteiger partial charge on any atom is -0.505 e. The molecule has 2 saturated heterocycles. The van der Waals surface area contributed by atoms with Gasteiger partial charge in [0.25, 0.3) is 5.92 Å². The molecule has 2 aliphatic heterocycles. The van der Waals surface area contributed by atoms with Gasteiger partial charge in [0.15, 0.2) is 5.75 Å². The van der Waals surface area contributed by atoms with E-state index in [-0.39, 0.29) is 24.8 Å². The van der Waals surface area contributed by atoms with Crippen LogP contribution in [0.2, 0.25) is 0 Å². The van der Waals surface area contributed by atoms with Gasteiger partial charge in [-0.15, -0.1) is 0 Å². The van der Waals surface area contributed by atoms with Crippen molar-refractivity contribution in [3.8, 4) is 5.75 Å². The lowest BCUT2D eigenvalue weighted by atomic mass is 10.1. The summed E-state index contributed by atoms with van der Waals surface area (Å²) in [6.07, 6.45) is 2.54. The maximum Gasteiger partial charge on any atom is 0.262 e. The van der Waals surface area contributed by atoms with Gasteiger partial charge in [0.2, 0.25) is 5.95 Å². The Balaban J connectivity index is 1.72. The van der Waals surface area contributed by atoms with Crippen LogP contribution in [0.15, 0.2) is 12.4 Å². The number of alkyl halides is 2. The fourth-order valence-electron chi connectivity index (χ4n) is 2.66. The number of halogens is 2. The maximum absolute atomic E-state index is 13.3. The van der Waals surface area contributed by atoms with Crippen molar-refractivity contribution in [2.45, 2.75) is 18.4 Å². The van der Waals surface area contributed by atoms with E-state index in [2.05, 4.69) is 9.97 Å². The lowest BCUT2D eigenvalue weighted by Gasteiger charge is -2.36. The average molecular weight is 256 g/mol. The van der Waals surface area contributed by atoms with Gasteiger partial charge in [-0.2, -0.15) is 0 Å². The van der Waals surface area contributed by atoms with E-state index in [9.17, 15) is 8.78 Å². The van der Waals surface area contributed by atoms with Crippen molar-refractivity contribution < 1.29 is 13.9 Å². The lowest BCUT2D eigenvalue weighted by Crippen LogP contribution is -2.50. The summed E-state index contributed by atoms with van der Waals surface area (Å²) in [5.74, 6) is -2.08. The van der Waals surface area contributed by atoms with Crippen LogP contribution in [0.4, 0.5) is 14.7 Å². The normalized spacial score (nSPS) is 27.2. The zero-order valence-electron chi connectivity index (χ0n) is 9.76. The number of aromatic hydroxyl groups is 1. The molecule has 0 bridgehead atoms. The van der Waals surface area contributed by atoms with Crippen molar-refractivity contribution in [3.63, 3.8) is 0 Å². The van der Waals surface area contributed by atoms with E-state index in [1.165, 1.54) is 12.4 Å². The monoisotopic (exact) mass is 256 g/mol. The van der Waals surface area contributed by atoms with E-state index in [0.717, 1.165) is 0 Å². The zero-order chi connectivity index (χ0) is 12.8. The molecule has 1 N–H and O–H groups in total. The summed E-state index contributed by atoms with van der Waals surface area (Å²) in [5, 5.41) is 9.12. The Hall–Kier alpha value is -1.50. The van der Waals surface area contributed by atoms with Crippen molar-refractivity contribution in [1.82, 2.24) is 14.9 Å². The van der Waals surface area contributed by atoms with Crippen LogP contribution in [0.5, 0.6) is 5.75 Å². The molecule has 0 radical (unpaired) electrons. The van der Waals surface area contributed by atoms with Gasteiger partial charge in [0, 0.05) is 32.1 Å². The van der Waals surface area contributed by atoms with Crippen molar-refractivity contribution in [3.05, 3.63) is 12.4 Å². The van der Waals surface area contributed by atoms with E-state index in [1.54, 1.807) is 0 Å². The number of hydrogen-bond donors (Lipinski definition) is 1. The fourth-order valence-corrected chi connectivity index (χ4v) is 2.66. The first-order valence-electron chi connectivity index (χ1n) is 5.91. The molecule has 3 heterocycles. The summed E-state index contributed by atoms with van der Waals surface area (Å²) in [6, 6.07) is -0.133. The van der Waals surface area contributed by atoms with Gasteiger partial charge in [0.05, 0.1) is 18.9 Å². The summed E-state index contributed by atoms with van der Waals surface area (Å²) < 4.78 is 26.6. The van der Waals surface area contributed by atoms with Crippen molar-refractivity contribution >= 4 is 5.95 Å². The van der Waals surface area contributed by atoms with E-state index in [4.69, 9.17) is 5.11 Å². The van der Waals surface area contributed by atoms with Crippen LogP contribution in [0.1, 0.15) is 6.42 Å². The Labute approximate surface area is 103 Å². The van der Waals surface area contributed by atoms with Crippen molar-refractivity contribution in [1.29, 1.82) is 0 Å². The van der Waals surface area contributed by atoms with Gasteiger partial charge in [-0.25, -0.2) is 18.7 Å². The molecule has 18 heavy (non-hydrogen) atoms. The largest absolute Gasteiger partial charge is 0.505 e. The SMILES string of the molecule is Oc1cnc(N2CCN3CC(F)(F)C[C@H]3C2)nc1. The molecule has 1 atom stereocenters. The molecular formula is C11H14F2N4O. The molecule has 98 valence electrons. The highest BCUT2D eigenvalue weighted by molar-refractivity contribution is 5.32. The summed E-state index contributed by atoms with van der Waals surface area (Å²) in [5.41, 5.74) is 0. The summed E-state index contributed by atoms with van der Waals surface area (Å²) in [7, 11) is 0. The van der Waals surface area contributed by atoms with Crippen LogP contribution >= 0.6 is 0 Å². The predicted molar refractivity (Wildman–Crippen MR) is 60.8 cm³/mol. The molecule has 0 aliphatic carbocycles. The molecule has 2 fully saturated rings. The first-order valence-corrected chi connectivity index (χ1v) is 5.91. The maximum atomic E-state index is 13.3. The third kappa shape index (κ3) is 2.10. The molecule has 0 spiro atoms. The van der Waals surface area contributed by atoms with E-state index >= 15 is 0 Å². The zero-order valence-corrected chi connectivity index (χ0v) is 9.76. The Bertz CT molecular complexity index is 439. The van der Waals surface area contributed by atoms with E-state index in [1.807, 2.05) is 9.80 Å². The second-order valence-electron chi connectivity index (χ2n) is 4.87. The Morgan fingerprint density at radius 2 is 2.00 bits per heavy atom. The molecule has 7 heteroatoms. The third-order valence-corrected chi connectivity index (χ3v) is 3.48. The smallest absolute Gasteiger partial charge is 0.262 e. The van der Waals surface area contributed by atoms with Crippen LogP contribution in [0.25, 0.3) is 0 Å². The van der Waals surface area contributed by atoms with Gasteiger partial charge in [-0.3, -0.25) is 4.90 Å². The molecule has 1 aromatic heterocycles. The second-order valence-corrected chi connectivity index (χ2v) is 4.87. The lowest BCUT2D eigenvalue weighted by molar-refractivity contribution is 0.0125. The molecule has 0 aromatic carbocycles. The highest BCUT2D eigenvalue weighted by atomic mass is 19.3. The van der Waals surface area contributed by atoms with E-state index < -0.39 is 5.92 Å². The van der Waals surface area contributed by atoms with Crippen molar-refractivity contribution in [2.24, 2.45) is 0 Å². The summed E-state index contributed by atoms with van der Waals surface area (Å²) >= 11 is 0. The number of rotatable bonds is 1. The Morgan fingerprint density at radius 1 is 1.28 bits per heavy atom. The van der Waals surface area contributed by atoms with Gasteiger partial charge < -0.3 is 10.0 Å². The number of aromatic nitrogens is 2. The molecule has 0 saturated carbocycles. The molecular weight excluding hydrogens is 242 g/mol. The topological polar surface area (TPSA) is 52.5 Å². The molecule has 1 aromatic rings. The molecule has 5 nitrogen and oxygen atoms in total. The average Bonchev–Trinajstić information content (AvgIpc) is 2.62. The van der Waals surface area contributed by atoms with Gasteiger partial charge >= 0.3 is 0 Å². The predicted octanol–water partition coefficient (Wildman–Crippen LogP) is 0.712.